The molecule has 0 aromatic heterocycles. The number of benzene rings is 2. The number of hydrogen-bond donors (Lipinski definition) is 1. The number of halogens is 2. The summed E-state index contributed by atoms with van der Waals surface area (Å²) in [4.78, 5) is -0.0334. The molecule has 0 unspecified atom stereocenters. The minimum atomic E-state index is -3.90. The monoisotopic (exact) mass is 308 g/mol. The van der Waals surface area contributed by atoms with Crippen LogP contribution >= 0.6 is 0 Å². The number of hydrogen-bond acceptors (Lipinski definition) is 3. The molecule has 0 bridgehead atoms. The normalized spacial score (nSPS) is 10.9. The number of nitrogens with zero attached hydrogens (tertiary/aromatic N) is 1. The summed E-state index contributed by atoms with van der Waals surface area (Å²) in [6, 6.07) is 10.4. The Labute approximate surface area is 120 Å². The fourth-order valence-electron chi connectivity index (χ4n) is 1.65. The SMILES string of the molecule is N#CCc1ccc(S(=O)(=O)Nc2ccc(F)c(F)c2)cc1. The summed E-state index contributed by atoms with van der Waals surface area (Å²) in [6.07, 6.45) is 0.178. The van der Waals surface area contributed by atoms with Gasteiger partial charge in [-0.25, -0.2) is 17.2 Å². The smallest absolute Gasteiger partial charge is 0.261 e. The van der Waals surface area contributed by atoms with Crippen LogP contribution in [0.5, 0.6) is 0 Å². The molecule has 4 nitrogen and oxygen atoms in total. The first-order valence-electron chi connectivity index (χ1n) is 5.86. The van der Waals surface area contributed by atoms with Gasteiger partial charge in [-0.2, -0.15) is 5.26 Å². The van der Waals surface area contributed by atoms with Crippen molar-refractivity contribution >= 4 is 15.7 Å². The van der Waals surface area contributed by atoms with Crippen LogP contribution in [0.25, 0.3) is 0 Å². The molecule has 0 amide bonds. The molecule has 0 radical (unpaired) electrons. The third-order valence-corrected chi connectivity index (χ3v) is 4.09. The Morgan fingerprint density at radius 1 is 1.05 bits per heavy atom. The van der Waals surface area contributed by atoms with Gasteiger partial charge < -0.3 is 0 Å². The van der Waals surface area contributed by atoms with E-state index in [9.17, 15) is 17.2 Å². The van der Waals surface area contributed by atoms with Crippen molar-refractivity contribution in [2.45, 2.75) is 11.3 Å². The summed E-state index contributed by atoms with van der Waals surface area (Å²) in [5.74, 6) is -2.20. The Balaban J connectivity index is 2.25. The van der Waals surface area contributed by atoms with Crippen molar-refractivity contribution in [3.63, 3.8) is 0 Å². The summed E-state index contributed by atoms with van der Waals surface area (Å²) in [5, 5.41) is 8.55. The van der Waals surface area contributed by atoms with Crippen LogP contribution in [0.1, 0.15) is 5.56 Å². The van der Waals surface area contributed by atoms with E-state index >= 15 is 0 Å². The van der Waals surface area contributed by atoms with Gasteiger partial charge >= 0.3 is 0 Å². The highest BCUT2D eigenvalue weighted by molar-refractivity contribution is 7.92. The fraction of sp³-hybridized carbons (Fsp3) is 0.0714. The van der Waals surface area contributed by atoms with Crippen LogP contribution < -0.4 is 4.72 Å². The van der Waals surface area contributed by atoms with E-state index in [0.29, 0.717) is 5.56 Å². The van der Waals surface area contributed by atoms with E-state index in [0.717, 1.165) is 18.2 Å². The van der Waals surface area contributed by atoms with Crippen molar-refractivity contribution in [3.8, 4) is 6.07 Å². The summed E-state index contributed by atoms with van der Waals surface area (Å²) in [6.45, 7) is 0. The molecule has 7 heteroatoms. The first kappa shape index (κ1) is 14.9. The van der Waals surface area contributed by atoms with Gasteiger partial charge in [0.25, 0.3) is 10.0 Å². The summed E-state index contributed by atoms with van der Waals surface area (Å²) in [7, 11) is -3.90. The second-order valence-electron chi connectivity index (χ2n) is 4.21. The topological polar surface area (TPSA) is 70.0 Å². The van der Waals surface area contributed by atoms with Gasteiger partial charge in [-0.05, 0) is 29.8 Å². The lowest BCUT2D eigenvalue weighted by molar-refractivity contribution is 0.509. The maximum absolute atomic E-state index is 13.1. The van der Waals surface area contributed by atoms with Crippen molar-refractivity contribution in [1.82, 2.24) is 0 Å². The average Bonchev–Trinajstić information content (AvgIpc) is 2.44. The van der Waals surface area contributed by atoms with Crippen LogP contribution in [0, 0.1) is 23.0 Å². The number of nitrogens with one attached hydrogen (secondary N) is 1. The molecule has 21 heavy (non-hydrogen) atoms. The second-order valence-corrected chi connectivity index (χ2v) is 5.90. The van der Waals surface area contributed by atoms with Gasteiger partial charge in [0.1, 0.15) is 0 Å². The van der Waals surface area contributed by atoms with Crippen LogP contribution in [-0.2, 0) is 16.4 Å². The van der Waals surface area contributed by atoms with Crippen molar-refractivity contribution in [2.75, 3.05) is 4.72 Å². The van der Waals surface area contributed by atoms with Crippen molar-refractivity contribution in [1.29, 1.82) is 5.26 Å². The highest BCUT2D eigenvalue weighted by Crippen LogP contribution is 2.18. The lowest BCUT2D eigenvalue weighted by atomic mass is 10.2. The highest BCUT2D eigenvalue weighted by atomic mass is 32.2. The molecule has 0 saturated carbocycles. The van der Waals surface area contributed by atoms with Gasteiger partial charge in [0.2, 0.25) is 0 Å². The Kier molecular flexibility index (Phi) is 4.19. The maximum atomic E-state index is 13.1. The molecule has 108 valence electrons. The van der Waals surface area contributed by atoms with Gasteiger partial charge in [0, 0.05) is 6.07 Å². The van der Waals surface area contributed by atoms with Crippen LogP contribution in [0.2, 0.25) is 0 Å². The summed E-state index contributed by atoms with van der Waals surface area (Å²) in [5.41, 5.74) is 0.610. The Bertz CT molecular complexity index is 797. The molecule has 0 saturated heterocycles. The van der Waals surface area contributed by atoms with E-state index in [1.54, 1.807) is 0 Å². The average molecular weight is 308 g/mol. The fourth-order valence-corrected chi connectivity index (χ4v) is 2.70. The van der Waals surface area contributed by atoms with E-state index < -0.39 is 21.7 Å². The third-order valence-electron chi connectivity index (χ3n) is 2.69. The standard InChI is InChI=1S/C14H10F2N2O2S/c15-13-6-3-11(9-14(13)16)18-21(19,20)12-4-1-10(2-5-12)7-8-17/h1-6,9,18H,7H2. The van der Waals surface area contributed by atoms with Crippen molar-refractivity contribution in [3.05, 3.63) is 59.7 Å². The molecule has 0 fully saturated rings. The zero-order valence-corrected chi connectivity index (χ0v) is 11.5. The molecule has 1 N–H and O–H groups in total. The predicted molar refractivity (Wildman–Crippen MR) is 72.9 cm³/mol. The third kappa shape index (κ3) is 3.55. The highest BCUT2D eigenvalue weighted by Gasteiger charge is 2.15. The van der Waals surface area contributed by atoms with Crippen molar-refractivity contribution < 1.29 is 17.2 Å². The molecule has 0 aliphatic carbocycles. The Morgan fingerprint density at radius 3 is 2.29 bits per heavy atom. The molecule has 0 heterocycles. The van der Waals surface area contributed by atoms with Gasteiger partial charge in [0.15, 0.2) is 11.6 Å². The van der Waals surface area contributed by atoms with Gasteiger partial charge in [-0.1, -0.05) is 12.1 Å². The van der Waals surface area contributed by atoms with E-state index in [1.165, 1.54) is 24.3 Å². The zero-order chi connectivity index (χ0) is 15.5. The molecule has 0 aliphatic heterocycles. The molecule has 2 rings (SSSR count). The van der Waals surface area contributed by atoms with E-state index in [1.807, 2.05) is 6.07 Å². The molecular formula is C14H10F2N2O2S. The maximum Gasteiger partial charge on any atom is 0.261 e. The summed E-state index contributed by atoms with van der Waals surface area (Å²) < 4.78 is 52.2. The number of rotatable bonds is 4. The lowest BCUT2D eigenvalue weighted by Crippen LogP contribution is -2.13. The largest absolute Gasteiger partial charge is 0.280 e. The molecule has 2 aromatic carbocycles. The van der Waals surface area contributed by atoms with Crippen LogP contribution in [0.4, 0.5) is 14.5 Å². The first-order chi connectivity index (χ1) is 9.92. The van der Waals surface area contributed by atoms with Gasteiger partial charge in [-0.15, -0.1) is 0 Å². The van der Waals surface area contributed by atoms with E-state index in [-0.39, 0.29) is 17.0 Å². The quantitative estimate of drug-likeness (QED) is 0.944. The number of sulfonamides is 1. The van der Waals surface area contributed by atoms with Crippen LogP contribution in [0.3, 0.4) is 0 Å². The lowest BCUT2D eigenvalue weighted by Gasteiger charge is -2.08. The Hall–Kier alpha value is -2.46. The van der Waals surface area contributed by atoms with Gasteiger partial charge in [0.05, 0.1) is 23.1 Å². The molecule has 0 aliphatic rings. The van der Waals surface area contributed by atoms with E-state index in [4.69, 9.17) is 5.26 Å². The molecule has 0 atom stereocenters. The molecule has 0 spiro atoms. The van der Waals surface area contributed by atoms with Gasteiger partial charge in [-0.3, -0.25) is 4.72 Å². The minimum absolute atomic E-state index is 0.0334. The minimum Gasteiger partial charge on any atom is -0.280 e. The number of nitriles is 1. The van der Waals surface area contributed by atoms with Crippen LogP contribution in [0.15, 0.2) is 47.4 Å². The molecular weight excluding hydrogens is 298 g/mol. The molecule has 2 aromatic rings. The second kappa shape index (κ2) is 5.89. The van der Waals surface area contributed by atoms with E-state index in [2.05, 4.69) is 4.72 Å². The Morgan fingerprint density at radius 2 is 1.71 bits per heavy atom. The van der Waals surface area contributed by atoms with Crippen molar-refractivity contribution in [2.24, 2.45) is 0 Å². The van der Waals surface area contributed by atoms with Crippen LogP contribution in [-0.4, -0.2) is 8.42 Å². The first-order valence-corrected chi connectivity index (χ1v) is 7.34. The zero-order valence-electron chi connectivity index (χ0n) is 10.7. The number of anilines is 1. The predicted octanol–water partition coefficient (Wildman–Crippen LogP) is 2.83. The summed E-state index contributed by atoms with van der Waals surface area (Å²) >= 11 is 0.